The number of aromatic amines is 1. The van der Waals surface area contributed by atoms with E-state index >= 15 is 0 Å². The van der Waals surface area contributed by atoms with E-state index in [4.69, 9.17) is 0 Å². The van der Waals surface area contributed by atoms with E-state index in [-0.39, 0.29) is 23.8 Å². The van der Waals surface area contributed by atoms with Gasteiger partial charge in [-0.2, -0.15) is 0 Å². The number of aromatic nitrogens is 2. The number of para-hydroxylation sites is 1. The van der Waals surface area contributed by atoms with Gasteiger partial charge in [-0.1, -0.05) is 24.3 Å². The van der Waals surface area contributed by atoms with Crippen LogP contribution < -0.4 is 5.32 Å². The molecule has 31 heavy (non-hydrogen) atoms. The maximum Gasteiger partial charge on any atom is 0.224 e. The molecule has 0 saturated heterocycles. The molecule has 0 aliphatic carbocycles. The molecule has 0 saturated carbocycles. The number of sulfone groups is 1. The Morgan fingerprint density at radius 1 is 1.06 bits per heavy atom. The summed E-state index contributed by atoms with van der Waals surface area (Å²) in [5.74, 6) is -0.822. The summed E-state index contributed by atoms with van der Waals surface area (Å²) in [6.07, 6.45) is 4.89. The highest BCUT2D eigenvalue weighted by atomic mass is 32.2. The summed E-state index contributed by atoms with van der Waals surface area (Å²) in [7, 11) is -3.89. The van der Waals surface area contributed by atoms with Crippen LogP contribution >= 0.6 is 0 Å². The maximum atomic E-state index is 13.3. The molecule has 2 aromatic carbocycles. The average molecular weight is 437 g/mol. The molecule has 0 fully saturated rings. The Hall–Kier alpha value is -3.52. The number of hydrogen-bond acceptors (Lipinski definition) is 4. The van der Waals surface area contributed by atoms with Crippen molar-refractivity contribution in [2.45, 2.75) is 16.6 Å². The molecule has 1 unspecified atom stereocenters. The van der Waals surface area contributed by atoms with E-state index in [0.717, 1.165) is 28.6 Å². The first-order valence-electron chi connectivity index (χ1n) is 9.66. The second kappa shape index (κ2) is 8.69. The lowest BCUT2D eigenvalue weighted by molar-refractivity contribution is -0.120. The third-order valence-corrected chi connectivity index (χ3v) is 7.20. The van der Waals surface area contributed by atoms with E-state index in [1.807, 2.05) is 24.3 Å². The number of benzene rings is 2. The van der Waals surface area contributed by atoms with Gasteiger partial charge in [-0.3, -0.25) is 9.78 Å². The quantitative estimate of drug-likeness (QED) is 0.433. The monoisotopic (exact) mass is 437 g/mol. The third kappa shape index (κ3) is 4.49. The van der Waals surface area contributed by atoms with Gasteiger partial charge in [0.1, 0.15) is 11.1 Å². The number of fused-ring (bicyclic) bond motifs is 1. The van der Waals surface area contributed by atoms with Crippen molar-refractivity contribution in [2.24, 2.45) is 0 Å². The van der Waals surface area contributed by atoms with Crippen LogP contribution in [0.15, 0.2) is 84.1 Å². The van der Waals surface area contributed by atoms with Gasteiger partial charge in [0.2, 0.25) is 5.91 Å². The van der Waals surface area contributed by atoms with Crippen LogP contribution in [0.5, 0.6) is 0 Å². The van der Waals surface area contributed by atoms with Gasteiger partial charge in [-0.15, -0.1) is 0 Å². The first-order chi connectivity index (χ1) is 14.9. The molecule has 0 spiro atoms. The van der Waals surface area contributed by atoms with Crippen molar-refractivity contribution in [3.63, 3.8) is 0 Å². The van der Waals surface area contributed by atoms with Crippen molar-refractivity contribution in [1.82, 2.24) is 15.3 Å². The lowest BCUT2D eigenvalue weighted by atomic mass is 10.1. The number of halogens is 1. The minimum absolute atomic E-state index is 0.0198. The maximum absolute atomic E-state index is 13.3. The minimum Gasteiger partial charge on any atom is -0.361 e. The Bertz CT molecular complexity index is 1300. The fourth-order valence-electron chi connectivity index (χ4n) is 3.48. The third-order valence-electron chi connectivity index (χ3n) is 5.08. The van der Waals surface area contributed by atoms with Gasteiger partial charge in [0.15, 0.2) is 9.84 Å². The van der Waals surface area contributed by atoms with Gasteiger partial charge in [-0.05, 0) is 47.5 Å². The summed E-state index contributed by atoms with van der Waals surface area (Å²) in [6.45, 7) is -0.132. The number of pyridine rings is 1. The molecular weight excluding hydrogens is 417 g/mol. The fraction of sp³-hybridized carbons (Fsp3) is 0.130. The highest BCUT2D eigenvalue weighted by molar-refractivity contribution is 7.91. The number of nitrogens with zero attached hydrogens (tertiary/aromatic N) is 1. The van der Waals surface area contributed by atoms with Crippen molar-refractivity contribution in [1.29, 1.82) is 0 Å². The lowest BCUT2D eigenvalue weighted by Crippen LogP contribution is -2.33. The Morgan fingerprint density at radius 2 is 1.84 bits per heavy atom. The smallest absolute Gasteiger partial charge is 0.224 e. The molecule has 8 heteroatoms. The second-order valence-corrected chi connectivity index (χ2v) is 9.24. The van der Waals surface area contributed by atoms with E-state index in [1.165, 1.54) is 18.3 Å². The average Bonchev–Trinajstić information content (AvgIpc) is 3.17. The highest BCUT2D eigenvalue weighted by Crippen LogP contribution is 2.28. The predicted octanol–water partition coefficient (Wildman–Crippen LogP) is 3.58. The van der Waals surface area contributed by atoms with Crippen LogP contribution in [0.25, 0.3) is 10.9 Å². The first kappa shape index (κ1) is 20.7. The van der Waals surface area contributed by atoms with E-state index < -0.39 is 20.9 Å². The summed E-state index contributed by atoms with van der Waals surface area (Å²) < 4.78 is 39.8. The number of carbonyl (C=O) groups excluding carboxylic acids is 1. The standard InChI is InChI=1S/C23H20FN3O3S/c24-18-7-9-19(10-8-18)31(29,30)22(16-4-3-11-25-13-16)15-27-23(28)12-17-14-26-21-6-2-1-5-20(17)21/h1-11,13-14,22,26H,12,15H2,(H,27,28). The number of hydrogen-bond donors (Lipinski definition) is 2. The molecule has 0 aliphatic rings. The molecule has 0 bridgehead atoms. The molecule has 2 aromatic heterocycles. The second-order valence-electron chi connectivity index (χ2n) is 7.11. The topological polar surface area (TPSA) is 91.9 Å². The van der Waals surface area contributed by atoms with Gasteiger partial charge in [0.25, 0.3) is 0 Å². The van der Waals surface area contributed by atoms with Crippen molar-refractivity contribution in [2.75, 3.05) is 6.54 Å². The molecule has 1 amide bonds. The zero-order chi connectivity index (χ0) is 21.8. The molecular formula is C23H20FN3O3S. The summed E-state index contributed by atoms with van der Waals surface area (Å²) >= 11 is 0. The summed E-state index contributed by atoms with van der Waals surface area (Å²) in [4.78, 5) is 19.7. The Morgan fingerprint density at radius 3 is 2.58 bits per heavy atom. The summed E-state index contributed by atoms with van der Waals surface area (Å²) in [6, 6.07) is 15.6. The molecule has 2 heterocycles. The molecule has 1 atom stereocenters. The van der Waals surface area contributed by atoms with Gasteiger partial charge in [0.05, 0.1) is 11.3 Å². The molecule has 6 nitrogen and oxygen atoms in total. The number of H-pyrrole nitrogens is 1. The van der Waals surface area contributed by atoms with Crippen LogP contribution in [-0.2, 0) is 21.1 Å². The normalized spacial score (nSPS) is 12.5. The molecule has 158 valence electrons. The summed E-state index contributed by atoms with van der Waals surface area (Å²) in [5.41, 5.74) is 2.20. The van der Waals surface area contributed by atoms with Crippen LogP contribution in [0.1, 0.15) is 16.4 Å². The molecule has 4 rings (SSSR count). The lowest BCUT2D eigenvalue weighted by Gasteiger charge is -2.19. The number of amides is 1. The van der Waals surface area contributed by atoms with Crippen LogP contribution in [0.3, 0.4) is 0 Å². The largest absolute Gasteiger partial charge is 0.361 e. The fourth-order valence-corrected chi connectivity index (χ4v) is 5.13. The van der Waals surface area contributed by atoms with Crippen LogP contribution in [-0.4, -0.2) is 30.8 Å². The molecule has 4 aromatic rings. The van der Waals surface area contributed by atoms with Gasteiger partial charge >= 0.3 is 0 Å². The van der Waals surface area contributed by atoms with E-state index in [9.17, 15) is 17.6 Å². The van der Waals surface area contributed by atoms with Crippen LogP contribution in [0, 0.1) is 5.82 Å². The van der Waals surface area contributed by atoms with Crippen molar-refractivity contribution in [3.05, 3.63) is 96.2 Å². The minimum atomic E-state index is -3.89. The Kier molecular flexibility index (Phi) is 5.81. The molecule has 2 N–H and O–H groups in total. The van der Waals surface area contributed by atoms with E-state index in [1.54, 1.807) is 24.5 Å². The molecule has 0 aliphatic heterocycles. The Balaban J connectivity index is 1.55. The van der Waals surface area contributed by atoms with Crippen LogP contribution in [0.2, 0.25) is 0 Å². The predicted molar refractivity (Wildman–Crippen MR) is 116 cm³/mol. The first-order valence-corrected chi connectivity index (χ1v) is 11.2. The van der Waals surface area contributed by atoms with Gasteiger partial charge in [-0.25, -0.2) is 12.8 Å². The number of carbonyl (C=O) groups is 1. The van der Waals surface area contributed by atoms with Crippen molar-refractivity contribution in [3.8, 4) is 0 Å². The van der Waals surface area contributed by atoms with Crippen molar-refractivity contribution < 1.29 is 17.6 Å². The Labute approximate surface area is 179 Å². The zero-order valence-corrected chi connectivity index (χ0v) is 17.3. The van der Waals surface area contributed by atoms with Crippen molar-refractivity contribution >= 4 is 26.6 Å². The number of rotatable bonds is 7. The van der Waals surface area contributed by atoms with Gasteiger partial charge < -0.3 is 10.3 Å². The van der Waals surface area contributed by atoms with Gasteiger partial charge in [0, 0.05) is 36.0 Å². The number of nitrogens with one attached hydrogen (secondary N) is 2. The summed E-state index contributed by atoms with van der Waals surface area (Å²) in [5, 5.41) is 2.63. The zero-order valence-electron chi connectivity index (χ0n) is 16.5. The molecule has 0 radical (unpaired) electrons. The van der Waals surface area contributed by atoms with E-state index in [2.05, 4.69) is 15.3 Å². The SMILES string of the molecule is O=C(Cc1c[nH]c2ccccc12)NCC(c1cccnc1)S(=O)(=O)c1ccc(F)cc1. The van der Waals surface area contributed by atoms with Crippen LogP contribution in [0.4, 0.5) is 4.39 Å². The highest BCUT2D eigenvalue weighted by Gasteiger charge is 2.30. The van der Waals surface area contributed by atoms with E-state index in [0.29, 0.717) is 5.56 Å².